The van der Waals surface area contributed by atoms with E-state index >= 15 is 0 Å². The largest absolute Gasteiger partial charge is 0.489 e. The van der Waals surface area contributed by atoms with E-state index in [0.29, 0.717) is 18.7 Å². The van der Waals surface area contributed by atoms with Gasteiger partial charge in [0.2, 0.25) is 0 Å². The molecule has 0 aliphatic rings. The van der Waals surface area contributed by atoms with Gasteiger partial charge in [-0.2, -0.15) is 0 Å². The Morgan fingerprint density at radius 2 is 2.00 bits per heavy atom. The molecule has 0 aliphatic carbocycles. The predicted molar refractivity (Wildman–Crippen MR) is 78.4 cm³/mol. The Bertz CT molecular complexity index is 592. The summed E-state index contributed by atoms with van der Waals surface area (Å²) in [6.45, 7) is 4.44. The third kappa shape index (κ3) is 3.57. The van der Waals surface area contributed by atoms with Gasteiger partial charge < -0.3 is 9.94 Å². The van der Waals surface area contributed by atoms with Crippen molar-refractivity contribution >= 4 is 5.71 Å². The van der Waals surface area contributed by atoms with Crippen LogP contribution in [0.4, 0.5) is 0 Å². The van der Waals surface area contributed by atoms with Crippen LogP contribution in [0.3, 0.4) is 0 Å². The fourth-order valence-electron chi connectivity index (χ4n) is 1.94. The molecule has 0 saturated heterocycles. The van der Waals surface area contributed by atoms with Gasteiger partial charge in [-0.3, -0.25) is 4.98 Å². The molecule has 1 aromatic carbocycles. The molecule has 1 aromatic heterocycles. The number of rotatable bonds is 5. The normalized spacial score (nSPS) is 11.4. The SMILES string of the molecule is CC/C(=N/O)c1ccc(OCc2cncc(C)c2)cc1. The van der Waals surface area contributed by atoms with E-state index in [-0.39, 0.29) is 0 Å². The summed E-state index contributed by atoms with van der Waals surface area (Å²) in [5.41, 5.74) is 3.73. The van der Waals surface area contributed by atoms with Gasteiger partial charge in [0, 0.05) is 18.0 Å². The first kappa shape index (κ1) is 14.1. The zero-order chi connectivity index (χ0) is 14.4. The topological polar surface area (TPSA) is 54.7 Å². The maximum Gasteiger partial charge on any atom is 0.119 e. The molecule has 2 aromatic rings. The number of aryl methyl sites for hydroxylation is 1. The van der Waals surface area contributed by atoms with E-state index in [4.69, 9.17) is 9.94 Å². The third-order valence-electron chi connectivity index (χ3n) is 2.98. The van der Waals surface area contributed by atoms with Gasteiger partial charge in [-0.05, 0) is 54.8 Å². The third-order valence-corrected chi connectivity index (χ3v) is 2.98. The van der Waals surface area contributed by atoms with Gasteiger partial charge in [0.25, 0.3) is 0 Å². The Morgan fingerprint density at radius 3 is 2.60 bits per heavy atom. The molecule has 0 radical (unpaired) electrons. The minimum atomic E-state index is 0.489. The summed E-state index contributed by atoms with van der Waals surface area (Å²) >= 11 is 0. The van der Waals surface area contributed by atoms with Crippen LogP contribution in [0.2, 0.25) is 0 Å². The number of aromatic nitrogens is 1. The van der Waals surface area contributed by atoms with Gasteiger partial charge in [-0.25, -0.2) is 0 Å². The fourth-order valence-corrected chi connectivity index (χ4v) is 1.94. The van der Waals surface area contributed by atoms with E-state index in [0.717, 1.165) is 22.4 Å². The van der Waals surface area contributed by atoms with Gasteiger partial charge in [0.1, 0.15) is 12.4 Å². The summed E-state index contributed by atoms with van der Waals surface area (Å²) in [6.07, 6.45) is 4.30. The zero-order valence-electron chi connectivity index (χ0n) is 11.7. The Hall–Kier alpha value is -2.36. The summed E-state index contributed by atoms with van der Waals surface area (Å²) in [4.78, 5) is 4.13. The molecular formula is C16H18N2O2. The first-order valence-corrected chi connectivity index (χ1v) is 6.57. The van der Waals surface area contributed by atoms with E-state index in [1.807, 2.05) is 44.3 Å². The van der Waals surface area contributed by atoms with Crippen molar-refractivity contribution in [2.75, 3.05) is 0 Å². The molecule has 4 nitrogen and oxygen atoms in total. The molecule has 1 N–H and O–H groups in total. The number of hydrogen-bond donors (Lipinski definition) is 1. The lowest BCUT2D eigenvalue weighted by Crippen LogP contribution is -2.00. The summed E-state index contributed by atoms with van der Waals surface area (Å²) in [5, 5.41) is 12.2. The highest BCUT2D eigenvalue weighted by molar-refractivity contribution is 6.00. The van der Waals surface area contributed by atoms with Gasteiger partial charge >= 0.3 is 0 Å². The highest BCUT2D eigenvalue weighted by atomic mass is 16.5. The molecule has 0 amide bonds. The fraction of sp³-hybridized carbons (Fsp3) is 0.250. The Morgan fingerprint density at radius 1 is 1.25 bits per heavy atom. The summed E-state index contributed by atoms with van der Waals surface area (Å²) < 4.78 is 5.71. The van der Waals surface area contributed by atoms with Crippen molar-refractivity contribution in [2.45, 2.75) is 26.9 Å². The molecule has 0 fully saturated rings. The molecular weight excluding hydrogens is 252 g/mol. The molecule has 0 aliphatic heterocycles. The smallest absolute Gasteiger partial charge is 0.119 e. The molecule has 104 valence electrons. The van der Waals surface area contributed by atoms with Crippen LogP contribution >= 0.6 is 0 Å². The van der Waals surface area contributed by atoms with Gasteiger partial charge in [0.05, 0.1) is 5.71 Å². The van der Waals surface area contributed by atoms with Gasteiger partial charge in [0.15, 0.2) is 0 Å². The second-order valence-electron chi connectivity index (χ2n) is 4.58. The number of nitrogens with zero attached hydrogens (tertiary/aromatic N) is 2. The van der Waals surface area contributed by atoms with E-state index < -0.39 is 0 Å². The van der Waals surface area contributed by atoms with Crippen molar-refractivity contribution in [1.29, 1.82) is 0 Å². The molecule has 4 heteroatoms. The Labute approximate surface area is 118 Å². The maximum absolute atomic E-state index is 8.88. The van der Waals surface area contributed by atoms with Crippen molar-refractivity contribution in [3.8, 4) is 5.75 Å². The number of ether oxygens (including phenoxy) is 1. The van der Waals surface area contributed by atoms with E-state index in [2.05, 4.69) is 16.2 Å². The standard InChI is InChI=1S/C16H18N2O2/c1-3-16(18-19)14-4-6-15(7-5-14)20-11-13-8-12(2)9-17-10-13/h4-10,19H,3,11H2,1-2H3/b18-16-. The van der Waals surface area contributed by atoms with Crippen LogP contribution in [-0.2, 0) is 6.61 Å². The lowest BCUT2D eigenvalue weighted by Gasteiger charge is -2.08. The first-order valence-electron chi connectivity index (χ1n) is 6.57. The number of hydrogen-bond acceptors (Lipinski definition) is 4. The number of oxime groups is 1. The Kier molecular flexibility index (Phi) is 4.71. The maximum atomic E-state index is 8.88. The lowest BCUT2D eigenvalue weighted by molar-refractivity contribution is 0.305. The molecule has 2 rings (SSSR count). The summed E-state index contributed by atoms with van der Waals surface area (Å²) in [6, 6.07) is 9.58. The summed E-state index contributed by atoms with van der Waals surface area (Å²) in [7, 11) is 0. The molecule has 0 saturated carbocycles. The predicted octanol–water partition coefficient (Wildman–Crippen LogP) is 3.56. The molecule has 0 unspecified atom stereocenters. The number of pyridine rings is 1. The molecule has 0 atom stereocenters. The van der Waals surface area contributed by atoms with Crippen molar-refractivity contribution < 1.29 is 9.94 Å². The van der Waals surface area contributed by atoms with Crippen LogP contribution in [0, 0.1) is 6.92 Å². The minimum absolute atomic E-state index is 0.489. The highest BCUT2D eigenvalue weighted by Crippen LogP contribution is 2.15. The van der Waals surface area contributed by atoms with Crippen LogP contribution in [0.25, 0.3) is 0 Å². The van der Waals surface area contributed by atoms with E-state index in [1.165, 1.54) is 0 Å². The molecule has 1 heterocycles. The minimum Gasteiger partial charge on any atom is -0.489 e. The van der Waals surface area contributed by atoms with Crippen LogP contribution < -0.4 is 4.74 Å². The highest BCUT2D eigenvalue weighted by Gasteiger charge is 2.02. The Balaban J connectivity index is 2.01. The van der Waals surface area contributed by atoms with E-state index in [9.17, 15) is 0 Å². The molecule has 0 spiro atoms. The van der Waals surface area contributed by atoms with Crippen molar-refractivity contribution in [3.05, 3.63) is 59.4 Å². The van der Waals surface area contributed by atoms with E-state index in [1.54, 1.807) is 6.20 Å². The van der Waals surface area contributed by atoms with Gasteiger partial charge in [-0.15, -0.1) is 0 Å². The van der Waals surface area contributed by atoms with Gasteiger partial charge in [-0.1, -0.05) is 12.1 Å². The first-order chi connectivity index (χ1) is 9.72. The van der Waals surface area contributed by atoms with Crippen molar-refractivity contribution in [2.24, 2.45) is 5.16 Å². The van der Waals surface area contributed by atoms with Crippen LogP contribution in [-0.4, -0.2) is 15.9 Å². The molecule has 0 bridgehead atoms. The van der Waals surface area contributed by atoms with Crippen molar-refractivity contribution in [1.82, 2.24) is 4.98 Å². The van der Waals surface area contributed by atoms with Crippen LogP contribution in [0.5, 0.6) is 5.75 Å². The summed E-state index contributed by atoms with van der Waals surface area (Å²) in [5.74, 6) is 0.781. The van der Waals surface area contributed by atoms with Crippen molar-refractivity contribution in [3.63, 3.8) is 0 Å². The van der Waals surface area contributed by atoms with Crippen LogP contribution in [0.15, 0.2) is 47.9 Å². The lowest BCUT2D eigenvalue weighted by atomic mass is 10.1. The monoisotopic (exact) mass is 270 g/mol. The zero-order valence-corrected chi connectivity index (χ0v) is 11.7. The second kappa shape index (κ2) is 6.70. The average molecular weight is 270 g/mol. The second-order valence-corrected chi connectivity index (χ2v) is 4.58. The van der Waals surface area contributed by atoms with Crippen LogP contribution in [0.1, 0.15) is 30.0 Å². The number of benzene rings is 1. The average Bonchev–Trinajstić information content (AvgIpc) is 2.48. The molecule has 20 heavy (non-hydrogen) atoms. The quantitative estimate of drug-likeness (QED) is 0.513.